The third-order valence-electron chi connectivity index (χ3n) is 6.30. The number of carbonyl (C=O) groups excluding carboxylic acids is 1. The summed E-state index contributed by atoms with van der Waals surface area (Å²) >= 11 is 0. The molecule has 37 heavy (non-hydrogen) atoms. The van der Waals surface area contributed by atoms with Crippen molar-refractivity contribution in [2.45, 2.75) is 19.3 Å². The Balaban J connectivity index is 1.32. The lowest BCUT2D eigenvalue weighted by Crippen LogP contribution is -2.46. The molecular formula is C27H30N6O4. The molecule has 1 saturated heterocycles. The zero-order valence-electron chi connectivity index (χ0n) is 21.0. The van der Waals surface area contributed by atoms with Crippen LogP contribution in [0.15, 0.2) is 61.1 Å². The van der Waals surface area contributed by atoms with E-state index in [-0.39, 0.29) is 11.9 Å². The fourth-order valence-corrected chi connectivity index (χ4v) is 4.28. The van der Waals surface area contributed by atoms with Gasteiger partial charge in [0.1, 0.15) is 5.75 Å². The molecule has 0 aliphatic carbocycles. The van der Waals surface area contributed by atoms with Gasteiger partial charge in [-0.25, -0.2) is 9.97 Å². The number of nitrogens with one attached hydrogen (secondary N) is 1. The topological polar surface area (TPSA) is 116 Å². The predicted octanol–water partition coefficient (Wildman–Crippen LogP) is 3.23. The molecule has 1 amide bonds. The standard InChI is InChI=1S/C27H30N6O4/c1-17-12-20(6-9-22(17)27(34)32(2)14-24-36-15-19(28)16-37-24)31-25-26-30-13-23(33(26)11-10-29-25)18-4-7-21(35-3)8-5-18/h4-13,19,24H,14-16,28H2,1-3H3,(H,29,31). The van der Waals surface area contributed by atoms with Crippen molar-refractivity contribution >= 4 is 23.1 Å². The number of ether oxygens (including phenoxy) is 3. The van der Waals surface area contributed by atoms with Gasteiger partial charge < -0.3 is 30.2 Å². The van der Waals surface area contributed by atoms with Gasteiger partial charge in [0, 0.05) is 36.3 Å². The molecule has 2 aromatic carbocycles. The van der Waals surface area contributed by atoms with E-state index in [0.29, 0.717) is 36.8 Å². The molecule has 3 N–H and O–H groups in total. The van der Waals surface area contributed by atoms with Crippen LogP contribution in [0, 0.1) is 6.92 Å². The average molecular weight is 503 g/mol. The van der Waals surface area contributed by atoms with Crippen molar-refractivity contribution < 1.29 is 19.0 Å². The van der Waals surface area contributed by atoms with Gasteiger partial charge in [-0.1, -0.05) is 0 Å². The molecule has 0 radical (unpaired) electrons. The van der Waals surface area contributed by atoms with Crippen LogP contribution in [0.5, 0.6) is 5.75 Å². The molecule has 0 saturated carbocycles. The first-order valence-corrected chi connectivity index (χ1v) is 12.0. The van der Waals surface area contributed by atoms with E-state index in [1.807, 2.05) is 66.2 Å². The molecule has 0 unspecified atom stereocenters. The number of benzene rings is 2. The number of amides is 1. The van der Waals surface area contributed by atoms with E-state index in [2.05, 4.69) is 15.3 Å². The first-order chi connectivity index (χ1) is 17.9. The van der Waals surface area contributed by atoms with Gasteiger partial charge in [-0.15, -0.1) is 0 Å². The quantitative estimate of drug-likeness (QED) is 0.396. The van der Waals surface area contributed by atoms with Gasteiger partial charge in [0.25, 0.3) is 5.91 Å². The average Bonchev–Trinajstić information content (AvgIpc) is 3.35. The summed E-state index contributed by atoms with van der Waals surface area (Å²) in [5, 5.41) is 3.34. The van der Waals surface area contributed by atoms with E-state index in [1.54, 1.807) is 25.3 Å². The van der Waals surface area contributed by atoms with Crippen molar-refractivity contribution in [2.24, 2.45) is 5.73 Å². The highest BCUT2D eigenvalue weighted by molar-refractivity contribution is 5.96. The number of carbonyl (C=O) groups is 1. The maximum atomic E-state index is 13.1. The Bertz CT molecular complexity index is 1400. The molecular weight excluding hydrogens is 472 g/mol. The highest BCUT2D eigenvalue weighted by Crippen LogP contribution is 2.27. The third-order valence-corrected chi connectivity index (χ3v) is 6.30. The highest BCUT2D eigenvalue weighted by Gasteiger charge is 2.24. The Morgan fingerprint density at radius 2 is 1.95 bits per heavy atom. The number of likely N-dealkylation sites (N-methyl/N-ethyl adjacent to an activating group) is 1. The molecule has 3 heterocycles. The smallest absolute Gasteiger partial charge is 0.254 e. The van der Waals surface area contributed by atoms with Crippen molar-refractivity contribution in [2.75, 3.05) is 39.2 Å². The monoisotopic (exact) mass is 502 g/mol. The SMILES string of the molecule is COc1ccc(-c2cnc3c(Nc4ccc(C(=O)N(C)CC5OCC(N)CO5)c(C)c4)nccn23)cc1. The predicted molar refractivity (Wildman–Crippen MR) is 140 cm³/mol. The van der Waals surface area contributed by atoms with Gasteiger partial charge in [0.2, 0.25) is 0 Å². The van der Waals surface area contributed by atoms with Crippen LogP contribution in [-0.2, 0) is 9.47 Å². The van der Waals surface area contributed by atoms with E-state index in [9.17, 15) is 4.79 Å². The number of aryl methyl sites for hydroxylation is 1. The van der Waals surface area contributed by atoms with E-state index >= 15 is 0 Å². The van der Waals surface area contributed by atoms with Crippen molar-refractivity contribution in [1.82, 2.24) is 19.3 Å². The first kappa shape index (κ1) is 24.7. The molecule has 192 valence electrons. The van der Waals surface area contributed by atoms with E-state index in [0.717, 1.165) is 28.3 Å². The zero-order chi connectivity index (χ0) is 25.9. The summed E-state index contributed by atoms with van der Waals surface area (Å²) < 4.78 is 18.4. The van der Waals surface area contributed by atoms with Crippen LogP contribution in [0.25, 0.3) is 16.9 Å². The van der Waals surface area contributed by atoms with Gasteiger partial charge >= 0.3 is 0 Å². The van der Waals surface area contributed by atoms with Gasteiger partial charge in [-0.2, -0.15) is 0 Å². The molecule has 4 aromatic rings. The second kappa shape index (κ2) is 10.6. The first-order valence-electron chi connectivity index (χ1n) is 12.0. The van der Waals surface area contributed by atoms with Crippen LogP contribution < -0.4 is 15.8 Å². The lowest BCUT2D eigenvalue weighted by atomic mass is 10.1. The molecule has 5 rings (SSSR count). The summed E-state index contributed by atoms with van der Waals surface area (Å²) in [5.74, 6) is 1.30. The highest BCUT2D eigenvalue weighted by atomic mass is 16.7. The van der Waals surface area contributed by atoms with Crippen LogP contribution in [0.4, 0.5) is 11.5 Å². The number of hydrogen-bond donors (Lipinski definition) is 2. The molecule has 1 aliphatic heterocycles. The molecule has 0 spiro atoms. The van der Waals surface area contributed by atoms with Crippen molar-refractivity contribution in [3.63, 3.8) is 0 Å². The van der Waals surface area contributed by atoms with Gasteiger partial charge in [0.05, 0.1) is 44.8 Å². The van der Waals surface area contributed by atoms with Crippen LogP contribution >= 0.6 is 0 Å². The maximum Gasteiger partial charge on any atom is 0.254 e. The number of fused-ring (bicyclic) bond motifs is 1. The Labute approximate surface area is 215 Å². The summed E-state index contributed by atoms with van der Waals surface area (Å²) in [6.45, 7) is 3.08. The molecule has 2 aromatic heterocycles. The minimum absolute atomic E-state index is 0.108. The minimum atomic E-state index is -0.473. The number of aromatic nitrogens is 3. The third kappa shape index (κ3) is 5.26. The van der Waals surface area contributed by atoms with E-state index in [1.165, 1.54) is 0 Å². The van der Waals surface area contributed by atoms with E-state index in [4.69, 9.17) is 19.9 Å². The number of nitrogens with zero attached hydrogens (tertiary/aromatic N) is 4. The van der Waals surface area contributed by atoms with Gasteiger partial charge in [-0.05, 0) is 55.0 Å². The second-order valence-corrected chi connectivity index (χ2v) is 9.04. The number of methoxy groups -OCH3 is 1. The largest absolute Gasteiger partial charge is 0.497 e. The maximum absolute atomic E-state index is 13.1. The number of hydrogen-bond acceptors (Lipinski definition) is 8. The van der Waals surface area contributed by atoms with Crippen LogP contribution in [0.1, 0.15) is 15.9 Å². The Morgan fingerprint density at radius 1 is 1.19 bits per heavy atom. The van der Waals surface area contributed by atoms with Crippen LogP contribution in [0.3, 0.4) is 0 Å². The summed E-state index contributed by atoms with van der Waals surface area (Å²) in [7, 11) is 3.38. The Kier molecular flexibility index (Phi) is 7.04. The van der Waals surface area contributed by atoms with Crippen molar-refractivity contribution in [3.05, 3.63) is 72.2 Å². The van der Waals surface area contributed by atoms with E-state index < -0.39 is 6.29 Å². The Hall–Kier alpha value is -3.99. The number of anilines is 2. The molecule has 0 atom stereocenters. The summed E-state index contributed by atoms with van der Waals surface area (Å²) in [6, 6.07) is 13.3. The normalized spacial score (nSPS) is 17.5. The number of imidazole rings is 1. The minimum Gasteiger partial charge on any atom is -0.497 e. The fourth-order valence-electron chi connectivity index (χ4n) is 4.28. The molecule has 10 nitrogen and oxygen atoms in total. The Morgan fingerprint density at radius 3 is 2.65 bits per heavy atom. The van der Waals surface area contributed by atoms with Gasteiger partial charge in [0.15, 0.2) is 17.8 Å². The zero-order valence-corrected chi connectivity index (χ0v) is 21.0. The summed E-state index contributed by atoms with van der Waals surface area (Å²) in [5.41, 5.74) is 10.7. The van der Waals surface area contributed by atoms with Crippen molar-refractivity contribution in [3.8, 4) is 17.0 Å². The number of rotatable bonds is 7. The molecule has 1 fully saturated rings. The lowest BCUT2D eigenvalue weighted by Gasteiger charge is -2.30. The fraction of sp³-hybridized carbons (Fsp3) is 0.296. The molecule has 0 bridgehead atoms. The molecule has 10 heteroatoms. The van der Waals surface area contributed by atoms with Crippen molar-refractivity contribution in [1.29, 1.82) is 0 Å². The molecule has 1 aliphatic rings. The van der Waals surface area contributed by atoms with Crippen LogP contribution in [0.2, 0.25) is 0 Å². The van der Waals surface area contributed by atoms with Gasteiger partial charge in [-0.3, -0.25) is 9.20 Å². The lowest BCUT2D eigenvalue weighted by molar-refractivity contribution is -0.188. The van der Waals surface area contributed by atoms with Crippen LogP contribution in [-0.4, -0.2) is 71.4 Å². The summed E-state index contributed by atoms with van der Waals surface area (Å²) in [4.78, 5) is 23.8. The number of nitrogens with two attached hydrogens (primary N) is 1. The second-order valence-electron chi connectivity index (χ2n) is 9.04. The summed E-state index contributed by atoms with van der Waals surface area (Å²) in [6.07, 6.45) is 4.95.